The summed E-state index contributed by atoms with van der Waals surface area (Å²) in [6.45, 7) is 27.8. The van der Waals surface area contributed by atoms with E-state index in [1.807, 2.05) is 64.8 Å². The SMILES string of the molecule is C=C(OCCCC)[C@@H](CC(C)C)NC(=O)[C@@H](C)N(C)C(=C)[C@@H](NC[C@@H](C)Oc1ccccc1CC[C@H](C)NC(=O)OC(C)(C)C)C1CC1. The highest BCUT2D eigenvalue weighted by atomic mass is 16.6. The number of carbonyl (C=O) groups is 2. The maximum absolute atomic E-state index is 13.5. The van der Waals surface area contributed by atoms with Crippen molar-refractivity contribution in [1.82, 2.24) is 20.9 Å². The largest absolute Gasteiger partial charge is 0.496 e. The number of benzene rings is 1. The number of aryl methyl sites for hydroxylation is 1. The maximum Gasteiger partial charge on any atom is 0.407 e. The van der Waals surface area contributed by atoms with E-state index in [2.05, 4.69) is 62.9 Å². The van der Waals surface area contributed by atoms with Gasteiger partial charge in [-0.15, -0.1) is 0 Å². The Balaban J connectivity index is 1.95. The van der Waals surface area contributed by atoms with E-state index >= 15 is 0 Å². The van der Waals surface area contributed by atoms with Crippen molar-refractivity contribution in [3.8, 4) is 5.75 Å². The molecule has 0 bridgehead atoms. The first-order valence-electron chi connectivity index (χ1n) is 18.0. The second-order valence-electron chi connectivity index (χ2n) is 15.0. The van der Waals surface area contributed by atoms with Gasteiger partial charge in [0.25, 0.3) is 0 Å². The second kappa shape index (κ2) is 19.7. The molecule has 0 spiro atoms. The van der Waals surface area contributed by atoms with Gasteiger partial charge in [-0.1, -0.05) is 58.5 Å². The van der Waals surface area contributed by atoms with Crippen LogP contribution >= 0.6 is 0 Å². The molecule has 0 saturated heterocycles. The summed E-state index contributed by atoms with van der Waals surface area (Å²) in [5.41, 5.74) is 1.47. The van der Waals surface area contributed by atoms with Gasteiger partial charge in [-0.25, -0.2) is 4.79 Å². The van der Waals surface area contributed by atoms with E-state index in [4.69, 9.17) is 14.2 Å². The molecule has 0 heterocycles. The van der Waals surface area contributed by atoms with E-state index in [0.717, 1.165) is 62.0 Å². The summed E-state index contributed by atoms with van der Waals surface area (Å²) in [4.78, 5) is 27.6. The van der Waals surface area contributed by atoms with E-state index in [0.29, 0.717) is 30.7 Å². The lowest BCUT2D eigenvalue weighted by Gasteiger charge is -2.35. The van der Waals surface area contributed by atoms with Crippen molar-refractivity contribution >= 4 is 12.0 Å². The summed E-state index contributed by atoms with van der Waals surface area (Å²) in [5.74, 6) is 2.27. The standard InChI is InChI=1S/C39H66N4O5/c1-13-14-23-46-31(8)34(24-26(2)3)42-37(44)30(7)43(12)29(6)36(33-21-22-33)40-25-28(5)47-35-18-16-15-17-32(35)20-19-27(4)41-38(45)48-39(9,10)11/h15-18,26-28,30,33-34,36,40H,6,8,13-14,19-25H2,1-5,7,9-12H3,(H,41,45)(H,42,44)/t27-,28+,30+,34+,36+/m0/s1. The molecule has 5 atom stereocenters. The Hall–Kier alpha value is -3.20. The number of hydrogen-bond acceptors (Lipinski definition) is 7. The van der Waals surface area contributed by atoms with Gasteiger partial charge in [0.2, 0.25) is 5.91 Å². The molecule has 48 heavy (non-hydrogen) atoms. The van der Waals surface area contributed by atoms with Crippen LogP contribution in [0.1, 0.15) is 106 Å². The van der Waals surface area contributed by atoms with E-state index in [1.165, 1.54) is 0 Å². The fraction of sp³-hybridized carbons (Fsp3) is 0.692. The van der Waals surface area contributed by atoms with Crippen LogP contribution < -0.4 is 20.7 Å². The van der Waals surface area contributed by atoms with Crippen LogP contribution in [0.15, 0.2) is 48.9 Å². The molecule has 1 fully saturated rings. The highest BCUT2D eigenvalue weighted by Crippen LogP contribution is 2.36. The molecule has 0 radical (unpaired) electrons. The van der Waals surface area contributed by atoms with Crippen LogP contribution in [0.2, 0.25) is 0 Å². The van der Waals surface area contributed by atoms with E-state index < -0.39 is 17.7 Å². The third-order valence-corrected chi connectivity index (χ3v) is 8.60. The first kappa shape index (κ1) is 41.0. The summed E-state index contributed by atoms with van der Waals surface area (Å²) in [6, 6.07) is 7.42. The van der Waals surface area contributed by atoms with Crippen molar-refractivity contribution in [2.24, 2.45) is 11.8 Å². The van der Waals surface area contributed by atoms with Gasteiger partial charge in [0.05, 0.1) is 12.6 Å². The first-order valence-corrected chi connectivity index (χ1v) is 18.0. The highest BCUT2D eigenvalue weighted by Gasteiger charge is 2.36. The van der Waals surface area contributed by atoms with Gasteiger partial charge in [0.1, 0.15) is 29.3 Å². The summed E-state index contributed by atoms with van der Waals surface area (Å²) in [7, 11) is 1.95. The number of alkyl carbamates (subject to hydrolysis) is 1. The maximum atomic E-state index is 13.5. The number of rotatable bonds is 22. The van der Waals surface area contributed by atoms with Crippen LogP contribution in [-0.2, 0) is 20.7 Å². The number of para-hydroxylation sites is 1. The average Bonchev–Trinajstić information content (AvgIpc) is 3.83. The number of carbonyl (C=O) groups excluding carboxylic acids is 2. The number of amides is 2. The monoisotopic (exact) mass is 671 g/mol. The zero-order valence-corrected chi connectivity index (χ0v) is 31.6. The molecular weight excluding hydrogens is 604 g/mol. The van der Waals surface area contributed by atoms with Crippen LogP contribution in [0.5, 0.6) is 5.75 Å². The molecular formula is C39H66N4O5. The minimum atomic E-state index is -0.530. The fourth-order valence-corrected chi connectivity index (χ4v) is 5.44. The number of nitrogens with zero attached hydrogens (tertiary/aromatic N) is 1. The lowest BCUT2D eigenvalue weighted by Crippen LogP contribution is -2.51. The van der Waals surface area contributed by atoms with Crippen LogP contribution in [0.4, 0.5) is 4.79 Å². The smallest absolute Gasteiger partial charge is 0.407 e. The van der Waals surface area contributed by atoms with Crippen LogP contribution in [-0.4, -0.2) is 73.0 Å². The van der Waals surface area contributed by atoms with Gasteiger partial charge in [0.15, 0.2) is 0 Å². The zero-order chi connectivity index (χ0) is 36.0. The molecule has 2 amide bonds. The Morgan fingerprint density at radius 1 is 1.04 bits per heavy atom. The van der Waals surface area contributed by atoms with Crippen molar-refractivity contribution in [3.63, 3.8) is 0 Å². The summed E-state index contributed by atoms with van der Waals surface area (Å²) in [6.07, 6.45) is 6.04. The number of nitrogens with one attached hydrogen (secondary N) is 3. The second-order valence-corrected chi connectivity index (χ2v) is 15.0. The fourth-order valence-electron chi connectivity index (χ4n) is 5.44. The van der Waals surface area contributed by atoms with E-state index in [-0.39, 0.29) is 30.1 Å². The number of unbranched alkanes of at least 4 members (excludes halogenated alkanes) is 1. The molecule has 3 N–H and O–H groups in total. The van der Waals surface area contributed by atoms with Gasteiger partial charge in [-0.2, -0.15) is 0 Å². The summed E-state index contributed by atoms with van der Waals surface area (Å²) >= 11 is 0. The first-order chi connectivity index (χ1) is 22.5. The van der Waals surface area contributed by atoms with Crippen molar-refractivity contribution in [3.05, 3.63) is 54.4 Å². The molecule has 9 nitrogen and oxygen atoms in total. The normalized spacial score (nSPS) is 16.2. The molecule has 0 aliphatic heterocycles. The van der Waals surface area contributed by atoms with Crippen molar-refractivity contribution < 1.29 is 23.8 Å². The van der Waals surface area contributed by atoms with Gasteiger partial charge in [-0.05, 0) is 104 Å². The number of hydrogen-bond donors (Lipinski definition) is 3. The molecule has 272 valence electrons. The minimum Gasteiger partial charge on any atom is -0.496 e. The number of ether oxygens (including phenoxy) is 3. The highest BCUT2D eigenvalue weighted by molar-refractivity contribution is 5.82. The van der Waals surface area contributed by atoms with Crippen LogP contribution in [0, 0.1) is 11.8 Å². The van der Waals surface area contributed by atoms with E-state index in [9.17, 15) is 9.59 Å². The summed E-state index contributed by atoms with van der Waals surface area (Å²) in [5, 5.41) is 9.83. The van der Waals surface area contributed by atoms with Crippen molar-refractivity contribution in [2.45, 2.75) is 143 Å². The molecule has 1 aromatic rings. The van der Waals surface area contributed by atoms with E-state index in [1.54, 1.807) is 0 Å². The van der Waals surface area contributed by atoms with Crippen LogP contribution in [0.25, 0.3) is 0 Å². The Bertz CT molecular complexity index is 1180. The number of likely N-dealkylation sites (N-methyl/N-ethyl adjacent to an activating group) is 1. The van der Waals surface area contributed by atoms with Gasteiger partial charge in [0, 0.05) is 31.4 Å². The third-order valence-electron chi connectivity index (χ3n) is 8.60. The summed E-state index contributed by atoms with van der Waals surface area (Å²) < 4.78 is 17.7. The Kier molecular flexibility index (Phi) is 16.8. The Morgan fingerprint density at radius 2 is 1.71 bits per heavy atom. The average molecular weight is 671 g/mol. The predicted molar refractivity (Wildman–Crippen MR) is 196 cm³/mol. The van der Waals surface area contributed by atoms with Gasteiger partial charge in [-0.3, -0.25) is 4.79 Å². The lowest BCUT2D eigenvalue weighted by molar-refractivity contribution is -0.125. The molecule has 1 saturated carbocycles. The minimum absolute atomic E-state index is 0.0437. The quantitative estimate of drug-likeness (QED) is 0.0875. The zero-order valence-electron chi connectivity index (χ0n) is 31.6. The van der Waals surface area contributed by atoms with Gasteiger partial charge >= 0.3 is 6.09 Å². The molecule has 9 heteroatoms. The molecule has 2 rings (SSSR count). The Morgan fingerprint density at radius 3 is 2.31 bits per heavy atom. The lowest BCUT2D eigenvalue weighted by atomic mass is 10.0. The topological polar surface area (TPSA) is 101 Å². The third kappa shape index (κ3) is 14.9. The predicted octanol–water partition coefficient (Wildman–Crippen LogP) is 7.36. The molecule has 0 aromatic heterocycles. The van der Waals surface area contributed by atoms with Crippen molar-refractivity contribution in [2.75, 3.05) is 20.2 Å². The van der Waals surface area contributed by atoms with Crippen LogP contribution in [0.3, 0.4) is 0 Å². The molecule has 1 aliphatic carbocycles. The molecule has 1 aromatic carbocycles. The van der Waals surface area contributed by atoms with Crippen molar-refractivity contribution in [1.29, 1.82) is 0 Å². The van der Waals surface area contributed by atoms with Gasteiger partial charge < -0.3 is 35.1 Å². The molecule has 1 aliphatic rings. The molecule has 0 unspecified atom stereocenters. The Labute approximate surface area is 291 Å².